The van der Waals surface area contributed by atoms with Crippen molar-refractivity contribution in [1.82, 2.24) is 0 Å². The van der Waals surface area contributed by atoms with Crippen molar-refractivity contribution in [3.05, 3.63) is 63.8 Å². The van der Waals surface area contributed by atoms with E-state index in [0.29, 0.717) is 27.4 Å². The Morgan fingerprint density at radius 1 is 1.14 bits per heavy atom. The van der Waals surface area contributed by atoms with Crippen molar-refractivity contribution in [2.75, 3.05) is 5.32 Å². The molecule has 6 heteroatoms. The summed E-state index contributed by atoms with van der Waals surface area (Å²) >= 11 is 12.2. The highest BCUT2D eigenvalue weighted by molar-refractivity contribution is 6.36. The van der Waals surface area contributed by atoms with Crippen LogP contribution in [-0.4, -0.2) is 11.0 Å². The van der Waals surface area contributed by atoms with Crippen LogP contribution in [0.4, 0.5) is 5.69 Å². The fraction of sp³-hybridized carbons (Fsp3) is 0.0625. The maximum Gasteiger partial charge on any atom is 0.265 e. The second kappa shape index (κ2) is 4.49. The minimum atomic E-state index is -1.86. The zero-order valence-corrected chi connectivity index (χ0v) is 12.6. The predicted octanol–water partition coefficient (Wildman–Crippen LogP) is 3.93. The quantitative estimate of drug-likeness (QED) is 0.709. The predicted molar refractivity (Wildman–Crippen MR) is 84.3 cm³/mol. The maximum absolute atomic E-state index is 12.4. The van der Waals surface area contributed by atoms with Gasteiger partial charge in [-0.2, -0.15) is 0 Å². The van der Waals surface area contributed by atoms with E-state index in [1.165, 1.54) is 6.07 Å². The lowest BCUT2D eigenvalue weighted by Crippen LogP contribution is -2.35. The zero-order valence-electron chi connectivity index (χ0n) is 11.1. The molecule has 0 radical (unpaired) electrons. The van der Waals surface area contributed by atoms with Crippen LogP contribution in [0.25, 0.3) is 11.0 Å². The highest BCUT2D eigenvalue weighted by Gasteiger charge is 2.48. The molecule has 1 amide bonds. The minimum Gasteiger partial charge on any atom is -0.464 e. The molecular formula is C16H9Cl2NO3. The highest BCUT2D eigenvalue weighted by Crippen LogP contribution is 2.46. The number of amides is 1. The van der Waals surface area contributed by atoms with Gasteiger partial charge in [0.1, 0.15) is 5.58 Å². The molecule has 1 aliphatic heterocycles. The van der Waals surface area contributed by atoms with E-state index in [-0.39, 0.29) is 5.02 Å². The van der Waals surface area contributed by atoms with Gasteiger partial charge >= 0.3 is 0 Å². The molecule has 4 rings (SSSR count). The fourth-order valence-electron chi connectivity index (χ4n) is 2.83. The molecule has 0 saturated heterocycles. The van der Waals surface area contributed by atoms with Crippen molar-refractivity contribution in [3.63, 3.8) is 0 Å². The number of carbonyl (C=O) groups is 1. The summed E-state index contributed by atoms with van der Waals surface area (Å²) in [6.07, 6.45) is 1.55. The van der Waals surface area contributed by atoms with Crippen molar-refractivity contribution >= 4 is 45.8 Å². The van der Waals surface area contributed by atoms with Crippen LogP contribution < -0.4 is 5.32 Å². The number of benzene rings is 2. The molecule has 3 aromatic rings. The third kappa shape index (κ3) is 1.72. The van der Waals surface area contributed by atoms with Gasteiger partial charge < -0.3 is 14.8 Å². The Labute approximate surface area is 135 Å². The van der Waals surface area contributed by atoms with Crippen molar-refractivity contribution in [1.29, 1.82) is 0 Å². The van der Waals surface area contributed by atoms with Crippen LogP contribution >= 0.6 is 23.2 Å². The minimum absolute atomic E-state index is 0.232. The van der Waals surface area contributed by atoms with E-state index >= 15 is 0 Å². The number of carbonyl (C=O) groups excluding carboxylic acids is 1. The molecule has 4 nitrogen and oxygen atoms in total. The smallest absolute Gasteiger partial charge is 0.265 e. The molecule has 0 fully saturated rings. The summed E-state index contributed by atoms with van der Waals surface area (Å²) in [6, 6.07) is 9.89. The van der Waals surface area contributed by atoms with Crippen LogP contribution in [0.1, 0.15) is 11.1 Å². The Balaban J connectivity index is 1.99. The van der Waals surface area contributed by atoms with Crippen molar-refractivity contribution < 1.29 is 14.3 Å². The molecule has 2 N–H and O–H groups in total. The Bertz CT molecular complexity index is 934. The maximum atomic E-state index is 12.4. The summed E-state index contributed by atoms with van der Waals surface area (Å²) in [5.41, 5.74) is -0.0404. The summed E-state index contributed by atoms with van der Waals surface area (Å²) in [6.45, 7) is 0. The third-order valence-corrected chi connectivity index (χ3v) is 4.38. The molecule has 1 aromatic heterocycles. The number of anilines is 1. The Hall–Kier alpha value is -2.01. The molecule has 2 aromatic carbocycles. The number of nitrogens with one attached hydrogen (secondary N) is 1. The summed E-state index contributed by atoms with van der Waals surface area (Å²) in [5, 5.41) is 15.1. The van der Waals surface area contributed by atoms with E-state index in [9.17, 15) is 9.90 Å². The average molecular weight is 334 g/mol. The van der Waals surface area contributed by atoms with Gasteiger partial charge in [0.15, 0.2) is 5.60 Å². The van der Waals surface area contributed by atoms with Crippen molar-refractivity contribution in [2.24, 2.45) is 0 Å². The van der Waals surface area contributed by atoms with Gasteiger partial charge in [-0.1, -0.05) is 29.3 Å². The number of hydrogen-bond acceptors (Lipinski definition) is 3. The van der Waals surface area contributed by atoms with Gasteiger partial charge in [-0.3, -0.25) is 4.79 Å². The summed E-state index contributed by atoms with van der Waals surface area (Å²) < 4.78 is 5.28. The van der Waals surface area contributed by atoms with E-state index < -0.39 is 11.5 Å². The fourth-order valence-corrected chi connectivity index (χ4v) is 3.46. The van der Waals surface area contributed by atoms with Gasteiger partial charge in [-0.05, 0) is 35.9 Å². The summed E-state index contributed by atoms with van der Waals surface area (Å²) in [5.74, 6) is -0.561. The van der Waals surface area contributed by atoms with Gasteiger partial charge in [-0.15, -0.1) is 0 Å². The average Bonchev–Trinajstić information content (AvgIpc) is 3.01. The van der Waals surface area contributed by atoms with Gasteiger partial charge in [-0.25, -0.2) is 0 Å². The van der Waals surface area contributed by atoms with Crippen LogP contribution in [0.3, 0.4) is 0 Å². The SMILES string of the molecule is O=C1Nc2cc(Cl)cc(Cl)c2C1(O)c1ccc2occc2c1. The molecule has 22 heavy (non-hydrogen) atoms. The van der Waals surface area contributed by atoms with E-state index in [4.69, 9.17) is 27.6 Å². The van der Waals surface area contributed by atoms with Crippen LogP contribution in [0.15, 0.2) is 47.1 Å². The number of halogens is 2. The monoisotopic (exact) mass is 333 g/mol. The Morgan fingerprint density at radius 2 is 1.95 bits per heavy atom. The lowest BCUT2D eigenvalue weighted by atomic mass is 9.87. The standard InChI is InChI=1S/C16H9Cl2NO3/c17-10-6-11(18)14-12(7-10)19-15(20)16(14,21)9-1-2-13-8(5-9)3-4-22-13/h1-7,21H,(H,19,20). The first kappa shape index (κ1) is 13.6. The molecule has 1 unspecified atom stereocenters. The van der Waals surface area contributed by atoms with Crippen LogP contribution in [0.5, 0.6) is 0 Å². The number of hydrogen-bond donors (Lipinski definition) is 2. The molecule has 0 aliphatic carbocycles. The Kier molecular flexibility index (Phi) is 2.78. The van der Waals surface area contributed by atoms with E-state index in [2.05, 4.69) is 5.32 Å². The van der Waals surface area contributed by atoms with Gasteiger partial charge in [0.05, 0.1) is 17.0 Å². The van der Waals surface area contributed by atoms with Crippen molar-refractivity contribution in [3.8, 4) is 0 Å². The van der Waals surface area contributed by atoms with Gasteiger partial charge in [0, 0.05) is 16.0 Å². The van der Waals surface area contributed by atoms with E-state index in [1.807, 2.05) is 0 Å². The van der Waals surface area contributed by atoms with E-state index in [0.717, 1.165) is 5.39 Å². The zero-order chi connectivity index (χ0) is 15.5. The van der Waals surface area contributed by atoms with E-state index in [1.54, 1.807) is 36.6 Å². The molecular weight excluding hydrogens is 325 g/mol. The molecule has 0 spiro atoms. The molecule has 0 saturated carbocycles. The lowest BCUT2D eigenvalue weighted by Gasteiger charge is -2.22. The molecule has 110 valence electrons. The first-order valence-electron chi connectivity index (χ1n) is 6.51. The highest BCUT2D eigenvalue weighted by atomic mass is 35.5. The number of rotatable bonds is 1. The van der Waals surface area contributed by atoms with Gasteiger partial charge in [0.25, 0.3) is 5.91 Å². The first-order valence-corrected chi connectivity index (χ1v) is 7.27. The third-order valence-electron chi connectivity index (χ3n) is 3.86. The second-order valence-corrected chi connectivity index (χ2v) is 5.99. The topological polar surface area (TPSA) is 62.5 Å². The summed E-state index contributed by atoms with van der Waals surface area (Å²) in [7, 11) is 0. The normalized spacial score (nSPS) is 20.2. The number of fused-ring (bicyclic) bond motifs is 2. The number of furan rings is 1. The molecule has 1 aliphatic rings. The van der Waals surface area contributed by atoms with Crippen LogP contribution in [0, 0.1) is 0 Å². The Morgan fingerprint density at radius 3 is 2.77 bits per heavy atom. The second-order valence-electron chi connectivity index (χ2n) is 5.15. The van der Waals surface area contributed by atoms with Crippen molar-refractivity contribution in [2.45, 2.75) is 5.60 Å². The number of aliphatic hydroxyl groups is 1. The van der Waals surface area contributed by atoms with Gasteiger partial charge in [0.2, 0.25) is 0 Å². The molecule has 2 heterocycles. The molecule has 1 atom stereocenters. The summed E-state index contributed by atoms with van der Waals surface area (Å²) in [4.78, 5) is 12.4. The van der Waals surface area contributed by atoms with Crippen LogP contribution in [-0.2, 0) is 10.4 Å². The molecule has 0 bridgehead atoms. The largest absolute Gasteiger partial charge is 0.464 e. The lowest BCUT2D eigenvalue weighted by molar-refractivity contribution is -0.129. The van der Waals surface area contributed by atoms with Crippen LogP contribution in [0.2, 0.25) is 10.0 Å². The first-order chi connectivity index (χ1) is 10.5.